The highest BCUT2D eigenvalue weighted by Crippen LogP contribution is 2.28. The second-order valence-corrected chi connectivity index (χ2v) is 6.13. The van der Waals surface area contributed by atoms with E-state index in [0.29, 0.717) is 13.2 Å². The maximum atomic E-state index is 5.68. The number of hydrogen-bond acceptors (Lipinski definition) is 4. The van der Waals surface area contributed by atoms with Crippen LogP contribution in [0.2, 0.25) is 0 Å². The Labute approximate surface area is 154 Å². The average molecular weight is 353 g/mol. The predicted octanol–water partition coefficient (Wildman–Crippen LogP) is 4.08. The van der Waals surface area contributed by atoms with Crippen molar-refractivity contribution >= 4 is 11.0 Å². The molecule has 0 amide bonds. The van der Waals surface area contributed by atoms with Crippen molar-refractivity contribution in [3.05, 3.63) is 53.9 Å². The SMILES string of the molecule is CCOc1ccc(CNCCCc2nc3ccccc3[nH]2)cc1OCC. The lowest BCUT2D eigenvalue weighted by Crippen LogP contribution is -2.15. The molecule has 3 rings (SSSR count). The molecule has 5 nitrogen and oxygen atoms in total. The Morgan fingerprint density at radius 1 is 1.00 bits per heavy atom. The lowest BCUT2D eigenvalue weighted by molar-refractivity contribution is 0.287. The van der Waals surface area contributed by atoms with Crippen molar-refractivity contribution in [2.24, 2.45) is 0 Å². The van der Waals surface area contributed by atoms with E-state index in [1.165, 1.54) is 5.56 Å². The van der Waals surface area contributed by atoms with Gasteiger partial charge in [-0.15, -0.1) is 0 Å². The molecule has 0 saturated carbocycles. The first-order valence-corrected chi connectivity index (χ1v) is 9.33. The molecule has 1 heterocycles. The van der Waals surface area contributed by atoms with E-state index in [1.807, 2.05) is 38.1 Å². The third-order valence-electron chi connectivity index (χ3n) is 4.14. The minimum Gasteiger partial charge on any atom is -0.490 e. The Balaban J connectivity index is 1.46. The van der Waals surface area contributed by atoms with Crippen LogP contribution in [0.25, 0.3) is 11.0 Å². The molecular formula is C21H27N3O2. The van der Waals surface area contributed by atoms with E-state index in [2.05, 4.69) is 33.5 Å². The van der Waals surface area contributed by atoms with Gasteiger partial charge in [-0.1, -0.05) is 18.2 Å². The summed E-state index contributed by atoms with van der Waals surface area (Å²) in [7, 11) is 0. The zero-order chi connectivity index (χ0) is 18.2. The van der Waals surface area contributed by atoms with Crippen molar-refractivity contribution in [1.82, 2.24) is 15.3 Å². The first-order chi connectivity index (χ1) is 12.8. The van der Waals surface area contributed by atoms with Crippen LogP contribution in [0, 0.1) is 0 Å². The van der Waals surface area contributed by atoms with E-state index >= 15 is 0 Å². The molecule has 0 aliphatic carbocycles. The number of fused-ring (bicyclic) bond motifs is 1. The molecule has 0 atom stereocenters. The number of hydrogen-bond donors (Lipinski definition) is 2. The number of para-hydroxylation sites is 2. The maximum absolute atomic E-state index is 5.68. The molecule has 0 aliphatic rings. The minimum atomic E-state index is 0.633. The van der Waals surface area contributed by atoms with Gasteiger partial charge in [-0.25, -0.2) is 4.98 Å². The van der Waals surface area contributed by atoms with Crippen LogP contribution < -0.4 is 14.8 Å². The molecule has 2 N–H and O–H groups in total. The Morgan fingerprint density at radius 2 is 1.81 bits per heavy atom. The van der Waals surface area contributed by atoms with E-state index in [-0.39, 0.29) is 0 Å². The summed E-state index contributed by atoms with van der Waals surface area (Å²) in [6, 6.07) is 14.3. The zero-order valence-electron chi connectivity index (χ0n) is 15.5. The lowest BCUT2D eigenvalue weighted by Gasteiger charge is -2.12. The van der Waals surface area contributed by atoms with Crippen LogP contribution in [0.5, 0.6) is 11.5 Å². The number of imidazole rings is 1. The Bertz CT molecular complexity index is 796. The number of nitrogens with zero attached hydrogens (tertiary/aromatic N) is 1. The molecule has 0 radical (unpaired) electrons. The molecule has 2 aromatic carbocycles. The van der Waals surface area contributed by atoms with Crippen molar-refractivity contribution in [2.75, 3.05) is 19.8 Å². The van der Waals surface area contributed by atoms with Crippen LogP contribution in [0.1, 0.15) is 31.7 Å². The summed E-state index contributed by atoms with van der Waals surface area (Å²) >= 11 is 0. The van der Waals surface area contributed by atoms with E-state index in [0.717, 1.165) is 54.3 Å². The third-order valence-corrected chi connectivity index (χ3v) is 4.14. The first-order valence-electron chi connectivity index (χ1n) is 9.33. The quantitative estimate of drug-likeness (QED) is 0.539. The van der Waals surface area contributed by atoms with Gasteiger partial charge < -0.3 is 19.8 Å². The highest BCUT2D eigenvalue weighted by atomic mass is 16.5. The van der Waals surface area contributed by atoms with Gasteiger partial charge in [0.2, 0.25) is 0 Å². The van der Waals surface area contributed by atoms with Crippen molar-refractivity contribution < 1.29 is 9.47 Å². The van der Waals surface area contributed by atoms with Gasteiger partial charge in [0.25, 0.3) is 0 Å². The molecule has 0 fully saturated rings. The van der Waals surface area contributed by atoms with Crippen LogP contribution in [0.15, 0.2) is 42.5 Å². The van der Waals surface area contributed by atoms with Gasteiger partial charge in [0, 0.05) is 13.0 Å². The smallest absolute Gasteiger partial charge is 0.161 e. The Hall–Kier alpha value is -2.53. The van der Waals surface area contributed by atoms with Crippen LogP contribution >= 0.6 is 0 Å². The summed E-state index contributed by atoms with van der Waals surface area (Å²) < 4.78 is 11.3. The summed E-state index contributed by atoms with van der Waals surface area (Å²) in [5, 5.41) is 3.49. The second-order valence-electron chi connectivity index (χ2n) is 6.13. The Kier molecular flexibility index (Phi) is 6.50. The number of rotatable bonds is 10. The van der Waals surface area contributed by atoms with Gasteiger partial charge >= 0.3 is 0 Å². The molecule has 0 saturated heterocycles. The van der Waals surface area contributed by atoms with Crippen molar-refractivity contribution in [3.8, 4) is 11.5 Å². The highest BCUT2D eigenvalue weighted by Gasteiger charge is 2.06. The largest absolute Gasteiger partial charge is 0.490 e. The fraction of sp³-hybridized carbons (Fsp3) is 0.381. The molecule has 3 aromatic rings. The fourth-order valence-electron chi connectivity index (χ4n) is 2.94. The molecule has 0 unspecified atom stereocenters. The third kappa shape index (κ3) is 4.76. The topological polar surface area (TPSA) is 59.2 Å². The molecule has 0 bridgehead atoms. The van der Waals surface area contributed by atoms with Gasteiger partial charge in [0.05, 0.1) is 24.2 Å². The van der Waals surface area contributed by atoms with Crippen molar-refractivity contribution in [1.29, 1.82) is 0 Å². The second kappa shape index (κ2) is 9.25. The van der Waals surface area contributed by atoms with Crippen molar-refractivity contribution in [2.45, 2.75) is 33.2 Å². The van der Waals surface area contributed by atoms with E-state index in [9.17, 15) is 0 Å². The summed E-state index contributed by atoms with van der Waals surface area (Å²) in [6.45, 7) is 6.99. The van der Waals surface area contributed by atoms with Gasteiger partial charge in [0.1, 0.15) is 5.82 Å². The highest BCUT2D eigenvalue weighted by molar-refractivity contribution is 5.74. The number of benzene rings is 2. The van der Waals surface area contributed by atoms with E-state index in [4.69, 9.17) is 9.47 Å². The number of aryl methyl sites for hydroxylation is 1. The maximum Gasteiger partial charge on any atom is 0.161 e. The number of H-pyrrole nitrogens is 1. The molecular weight excluding hydrogens is 326 g/mol. The standard InChI is InChI=1S/C21H27N3O2/c1-3-25-19-12-11-16(14-20(19)26-4-2)15-22-13-7-10-21-23-17-8-5-6-9-18(17)24-21/h5-6,8-9,11-12,14,22H,3-4,7,10,13,15H2,1-2H3,(H,23,24). The Morgan fingerprint density at radius 3 is 2.62 bits per heavy atom. The van der Waals surface area contributed by atoms with Gasteiger partial charge in [0.15, 0.2) is 11.5 Å². The normalized spacial score (nSPS) is 11.0. The fourth-order valence-corrected chi connectivity index (χ4v) is 2.94. The molecule has 5 heteroatoms. The average Bonchev–Trinajstić information content (AvgIpc) is 3.06. The summed E-state index contributed by atoms with van der Waals surface area (Å²) in [4.78, 5) is 7.99. The molecule has 1 aromatic heterocycles. The number of aromatic amines is 1. The van der Waals surface area contributed by atoms with Crippen LogP contribution in [0.4, 0.5) is 0 Å². The monoisotopic (exact) mass is 353 g/mol. The molecule has 138 valence electrons. The minimum absolute atomic E-state index is 0.633. The van der Waals surface area contributed by atoms with Crippen LogP contribution in [-0.2, 0) is 13.0 Å². The summed E-state index contributed by atoms with van der Waals surface area (Å²) in [5.74, 6) is 2.67. The van der Waals surface area contributed by atoms with E-state index in [1.54, 1.807) is 0 Å². The lowest BCUT2D eigenvalue weighted by atomic mass is 10.2. The molecule has 26 heavy (non-hydrogen) atoms. The summed E-state index contributed by atoms with van der Waals surface area (Å²) in [5.41, 5.74) is 3.34. The van der Waals surface area contributed by atoms with Crippen molar-refractivity contribution in [3.63, 3.8) is 0 Å². The van der Waals surface area contributed by atoms with Gasteiger partial charge in [-0.3, -0.25) is 0 Å². The molecule has 0 spiro atoms. The van der Waals surface area contributed by atoms with Crippen LogP contribution in [0.3, 0.4) is 0 Å². The zero-order valence-corrected chi connectivity index (χ0v) is 15.5. The summed E-state index contributed by atoms with van der Waals surface area (Å²) in [6.07, 6.45) is 1.98. The number of aromatic nitrogens is 2. The number of ether oxygens (including phenoxy) is 2. The van der Waals surface area contributed by atoms with Crippen LogP contribution in [-0.4, -0.2) is 29.7 Å². The first kappa shape index (κ1) is 18.3. The van der Waals surface area contributed by atoms with Gasteiger partial charge in [-0.2, -0.15) is 0 Å². The van der Waals surface area contributed by atoms with E-state index < -0.39 is 0 Å². The molecule has 0 aliphatic heterocycles. The van der Waals surface area contributed by atoms with Gasteiger partial charge in [-0.05, 0) is 56.6 Å². The predicted molar refractivity (Wildman–Crippen MR) is 105 cm³/mol. The number of nitrogens with one attached hydrogen (secondary N) is 2.